The second-order valence-corrected chi connectivity index (χ2v) is 7.68. The third kappa shape index (κ3) is 4.69. The number of aromatic amines is 2. The van der Waals surface area contributed by atoms with Gasteiger partial charge in [0.05, 0.1) is 17.8 Å². The van der Waals surface area contributed by atoms with Crippen LogP contribution in [0, 0.1) is 4.64 Å². The molecule has 0 aliphatic carbocycles. The number of nitrogens with two attached hydrogens (primary N) is 1. The number of pyridine rings is 1. The fraction of sp³-hybridized carbons (Fsp3) is 0.300. The first-order chi connectivity index (χ1) is 13.5. The Bertz CT molecular complexity index is 1030. The van der Waals surface area contributed by atoms with Crippen LogP contribution < -0.4 is 10.5 Å². The Balaban J connectivity index is 1.92. The fourth-order valence-corrected chi connectivity index (χ4v) is 3.63. The van der Waals surface area contributed by atoms with Crippen LogP contribution in [0.15, 0.2) is 36.5 Å². The minimum atomic E-state index is -0.406. The number of ether oxygens (including phenoxy) is 2. The lowest BCUT2D eigenvalue weighted by Crippen LogP contribution is -2.09. The van der Waals surface area contributed by atoms with Gasteiger partial charge in [-0.05, 0) is 55.2 Å². The van der Waals surface area contributed by atoms with Crippen molar-refractivity contribution in [3.8, 4) is 5.75 Å². The van der Waals surface area contributed by atoms with Crippen LogP contribution in [-0.2, 0) is 4.74 Å². The Morgan fingerprint density at radius 2 is 2.14 bits per heavy atom. The van der Waals surface area contributed by atoms with E-state index in [9.17, 15) is 4.79 Å². The molecule has 0 amide bonds. The van der Waals surface area contributed by atoms with Gasteiger partial charge >= 0.3 is 5.97 Å². The lowest BCUT2D eigenvalue weighted by atomic mass is 10.1. The highest BCUT2D eigenvalue weighted by atomic mass is 32.2. The number of hydrogen-bond acceptors (Lipinski definition) is 6. The van der Waals surface area contributed by atoms with Crippen molar-refractivity contribution in [1.82, 2.24) is 9.97 Å². The van der Waals surface area contributed by atoms with E-state index in [2.05, 4.69) is 16.2 Å². The van der Waals surface area contributed by atoms with Crippen LogP contribution in [0.25, 0.3) is 10.9 Å². The first-order valence-electron chi connectivity index (χ1n) is 8.95. The molecule has 0 radical (unpaired) electrons. The SMILES string of the molecule is CCOC(=O)c1cc2cc(OC(CCSC)c3cc[nH]c(=S)c3)cc(N)c2[nH]1. The van der Waals surface area contributed by atoms with Crippen LogP contribution in [0.2, 0.25) is 0 Å². The molecular formula is C20H23N3O3S2. The largest absolute Gasteiger partial charge is 0.486 e. The van der Waals surface area contributed by atoms with Gasteiger partial charge in [-0.15, -0.1) is 0 Å². The van der Waals surface area contributed by atoms with Crippen molar-refractivity contribution in [2.75, 3.05) is 24.3 Å². The summed E-state index contributed by atoms with van der Waals surface area (Å²) in [5, 5.41) is 0.798. The Morgan fingerprint density at radius 3 is 2.86 bits per heavy atom. The molecular weight excluding hydrogens is 394 g/mol. The maximum Gasteiger partial charge on any atom is 0.354 e. The molecule has 0 aliphatic heterocycles. The number of esters is 1. The van der Waals surface area contributed by atoms with Gasteiger partial charge in [-0.1, -0.05) is 12.2 Å². The lowest BCUT2D eigenvalue weighted by Gasteiger charge is -2.20. The van der Waals surface area contributed by atoms with Crippen LogP contribution >= 0.6 is 24.0 Å². The lowest BCUT2D eigenvalue weighted by molar-refractivity contribution is 0.0520. The molecule has 2 heterocycles. The number of rotatable bonds is 8. The number of H-pyrrole nitrogens is 2. The van der Waals surface area contributed by atoms with E-state index in [4.69, 9.17) is 27.4 Å². The molecule has 0 bridgehead atoms. The number of anilines is 1. The molecule has 3 aromatic rings. The highest BCUT2D eigenvalue weighted by Crippen LogP contribution is 2.32. The third-order valence-corrected chi connectivity index (χ3v) is 5.14. The normalized spacial score (nSPS) is 12.1. The quantitative estimate of drug-likeness (QED) is 0.275. The molecule has 1 unspecified atom stereocenters. The zero-order valence-electron chi connectivity index (χ0n) is 15.8. The minimum Gasteiger partial charge on any atom is -0.486 e. The molecule has 6 nitrogen and oxygen atoms in total. The average molecular weight is 418 g/mol. The summed E-state index contributed by atoms with van der Waals surface area (Å²) in [6.45, 7) is 2.08. The van der Waals surface area contributed by atoms with Crippen LogP contribution in [0.4, 0.5) is 5.69 Å². The van der Waals surface area contributed by atoms with E-state index in [-0.39, 0.29) is 6.10 Å². The number of carbonyl (C=O) groups is 1. The van der Waals surface area contributed by atoms with E-state index in [1.54, 1.807) is 30.8 Å². The minimum absolute atomic E-state index is 0.149. The molecule has 4 N–H and O–H groups in total. The van der Waals surface area contributed by atoms with Gasteiger partial charge in [0, 0.05) is 17.6 Å². The number of thioether (sulfide) groups is 1. The summed E-state index contributed by atoms with van der Waals surface area (Å²) in [7, 11) is 0. The molecule has 3 rings (SSSR count). The van der Waals surface area contributed by atoms with Crippen LogP contribution in [0.3, 0.4) is 0 Å². The number of fused-ring (bicyclic) bond motifs is 1. The van der Waals surface area contributed by atoms with Gasteiger partial charge in [-0.25, -0.2) is 4.79 Å². The Labute approximate surface area is 172 Å². The predicted molar refractivity (Wildman–Crippen MR) is 117 cm³/mol. The van der Waals surface area contributed by atoms with Crippen molar-refractivity contribution < 1.29 is 14.3 Å². The zero-order chi connectivity index (χ0) is 20.1. The van der Waals surface area contributed by atoms with Gasteiger partial charge in [0.25, 0.3) is 0 Å². The number of carbonyl (C=O) groups excluding carboxylic acids is 1. The van der Waals surface area contributed by atoms with Crippen molar-refractivity contribution in [3.05, 3.63) is 52.4 Å². The molecule has 1 aromatic carbocycles. The van der Waals surface area contributed by atoms with Gasteiger partial charge in [-0.2, -0.15) is 11.8 Å². The second-order valence-electron chi connectivity index (χ2n) is 6.25. The van der Waals surface area contributed by atoms with Crippen LogP contribution in [-0.4, -0.2) is 34.6 Å². The topological polar surface area (TPSA) is 93.1 Å². The monoisotopic (exact) mass is 417 g/mol. The van der Waals surface area contributed by atoms with Gasteiger partial charge in [0.1, 0.15) is 22.2 Å². The number of nitrogen functional groups attached to an aromatic ring is 1. The predicted octanol–water partition coefficient (Wildman–Crippen LogP) is 4.86. The van der Waals surface area contributed by atoms with Gasteiger partial charge < -0.3 is 25.2 Å². The first-order valence-corrected chi connectivity index (χ1v) is 10.8. The van der Waals surface area contributed by atoms with Crippen molar-refractivity contribution in [2.45, 2.75) is 19.4 Å². The van der Waals surface area contributed by atoms with E-state index >= 15 is 0 Å². The van der Waals surface area contributed by atoms with Gasteiger partial charge in [-0.3, -0.25) is 0 Å². The van der Waals surface area contributed by atoms with E-state index in [1.165, 1.54) is 0 Å². The molecule has 0 aliphatic rings. The summed E-state index contributed by atoms with van der Waals surface area (Å²) in [5.41, 5.74) is 8.78. The van der Waals surface area contributed by atoms with Crippen molar-refractivity contribution >= 4 is 46.5 Å². The summed E-state index contributed by atoms with van der Waals surface area (Å²) in [6.07, 6.45) is 4.57. The zero-order valence-corrected chi connectivity index (χ0v) is 17.4. The summed E-state index contributed by atoms with van der Waals surface area (Å²) in [5.74, 6) is 1.19. The molecule has 8 heteroatoms. The van der Waals surface area contributed by atoms with Crippen molar-refractivity contribution in [1.29, 1.82) is 0 Å². The second kappa shape index (κ2) is 9.16. The van der Waals surface area contributed by atoms with Gasteiger partial charge in [0.2, 0.25) is 0 Å². The van der Waals surface area contributed by atoms with E-state index in [0.717, 1.165) is 23.1 Å². The molecule has 1 atom stereocenters. The summed E-state index contributed by atoms with van der Waals surface area (Å²) in [6, 6.07) is 9.26. The van der Waals surface area contributed by atoms with Gasteiger partial charge in [0.15, 0.2) is 0 Å². The van der Waals surface area contributed by atoms with Crippen LogP contribution in [0.1, 0.15) is 35.5 Å². The van der Waals surface area contributed by atoms with Crippen molar-refractivity contribution in [2.24, 2.45) is 0 Å². The smallest absolute Gasteiger partial charge is 0.354 e. The fourth-order valence-electron chi connectivity index (χ4n) is 2.97. The Hall–Kier alpha value is -2.45. The molecule has 0 saturated carbocycles. The molecule has 2 aromatic heterocycles. The maximum atomic E-state index is 12.0. The first kappa shape index (κ1) is 20.3. The van der Waals surface area contributed by atoms with E-state index in [0.29, 0.717) is 33.9 Å². The maximum absolute atomic E-state index is 12.0. The highest BCUT2D eigenvalue weighted by molar-refractivity contribution is 7.98. The number of nitrogens with one attached hydrogen (secondary N) is 2. The number of hydrogen-bond donors (Lipinski definition) is 3. The molecule has 0 saturated heterocycles. The molecule has 0 fully saturated rings. The Morgan fingerprint density at radius 1 is 1.32 bits per heavy atom. The standard InChI is InChI=1S/C20H23N3O3S2/c1-3-25-20(24)16-9-13-8-14(11-15(21)19(13)23-16)26-17(5-7-28-2)12-4-6-22-18(27)10-12/h4,6,8-11,17,23H,3,5,7,21H2,1-2H3,(H,22,27). The molecule has 0 spiro atoms. The van der Waals surface area contributed by atoms with Crippen molar-refractivity contribution in [3.63, 3.8) is 0 Å². The van der Waals surface area contributed by atoms with Crippen LogP contribution in [0.5, 0.6) is 5.75 Å². The molecule has 148 valence electrons. The summed E-state index contributed by atoms with van der Waals surface area (Å²) >= 11 is 7.01. The van der Waals surface area contributed by atoms with E-state index < -0.39 is 5.97 Å². The average Bonchev–Trinajstić information content (AvgIpc) is 3.10. The highest BCUT2D eigenvalue weighted by Gasteiger charge is 2.17. The van der Waals surface area contributed by atoms with E-state index in [1.807, 2.05) is 24.4 Å². The summed E-state index contributed by atoms with van der Waals surface area (Å²) < 4.78 is 12.0. The Kier molecular flexibility index (Phi) is 6.64. The molecule has 28 heavy (non-hydrogen) atoms. The number of benzene rings is 1. The summed E-state index contributed by atoms with van der Waals surface area (Å²) in [4.78, 5) is 18.0. The number of aromatic nitrogens is 2. The third-order valence-electron chi connectivity index (χ3n) is 4.26.